The van der Waals surface area contributed by atoms with Gasteiger partial charge >= 0.3 is 0 Å². The third-order valence-electron chi connectivity index (χ3n) is 4.63. The minimum atomic E-state index is 0.00351. The van der Waals surface area contributed by atoms with Gasteiger partial charge in [0, 0.05) is 32.2 Å². The smallest absolute Gasteiger partial charge is 0.257 e. The molecule has 6 nitrogen and oxygen atoms in total. The molecule has 138 valence electrons. The van der Waals surface area contributed by atoms with Crippen LogP contribution in [0, 0.1) is 0 Å². The van der Waals surface area contributed by atoms with E-state index in [-0.39, 0.29) is 5.91 Å². The Hall–Kier alpha value is -2.89. The summed E-state index contributed by atoms with van der Waals surface area (Å²) in [6.07, 6.45) is 0. The molecule has 0 bridgehead atoms. The summed E-state index contributed by atoms with van der Waals surface area (Å²) in [5, 5.41) is 0. The summed E-state index contributed by atoms with van der Waals surface area (Å²) in [4.78, 5) is 16.9. The van der Waals surface area contributed by atoms with E-state index >= 15 is 0 Å². The first-order valence-corrected chi connectivity index (χ1v) is 8.57. The van der Waals surface area contributed by atoms with Crippen molar-refractivity contribution in [1.82, 2.24) is 4.90 Å². The van der Waals surface area contributed by atoms with Gasteiger partial charge in [-0.3, -0.25) is 4.79 Å². The summed E-state index contributed by atoms with van der Waals surface area (Å²) >= 11 is 0. The predicted molar refractivity (Wildman–Crippen MR) is 101 cm³/mol. The lowest BCUT2D eigenvalue weighted by Gasteiger charge is -2.36. The second kappa shape index (κ2) is 7.99. The molecule has 0 aromatic heterocycles. The van der Waals surface area contributed by atoms with Crippen molar-refractivity contribution in [1.29, 1.82) is 0 Å². The van der Waals surface area contributed by atoms with Crippen LogP contribution in [0.1, 0.15) is 10.4 Å². The number of carbonyl (C=O) groups excluding carboxylic acids is 1. The number of anilines is 1. The maximum Gasteiger partial charge on any atom is 0.257 e. The normalized spacial score (nSPS) is 14.1. The van der Waals surface area contributed by atoms with Crippen molar-refractivity contribution in [2.75, 3.05) is 52.4 Å². The molecule has 0 unspecified atom stereocenters. The molecule has 2 aromatic carbocycles. The van der Waals surface area contributed by atoms with E-state index in [2.05, 4.69) is 4.90 Å². The zero-order chi connectivity index (χ0) is 18.5. The monoisotopic (exact) mass is 356 g/mol. The zero-order valence-corrected chi connectivity index (χ0v) is 15.4. The van der Waals surface area contributed by atoms with Crippen molar-refractivity contribution >= 4 is 11.6 Å². The molecule has 0 aliphatic carbocycles. The maximum atomic E-state index is 12.8. The number of para-hydroxylation sites is 1. The first-order chi connectivity index (χ1) is 12.7. The van der Waals surface area contributed by atoms with Gasteiger partial charge in [-0.05, 0) is 24.3 Å². The molecule has 0 N–H and O–H groups in total. The summed E-state index contributed by atoms with van der Waals surface area (Å²) in [6, 6.07) is 13.1. The van der Waals surface area contributed by atoms with E-state index in [0.717, 1.165) is 30.3 Å². The van der Waals surface area contributed by atoms with E-state index < -0.39 is 0 Å². The van der Waals surface area contributed by atoms with E-state index in [9.17, 15) is 4.79 Å². The van der Waals surface area contributed by atoms with Gasteiger partial charge in [0.25, 0.3) is 5.91 Å². The molecule has 1 heterocycles. The minimum Gasteiger partial charge on any atom is -0.497 e. The number of hydrogen-bond acceptors (Lipinski definition) is 5. The highest BCUT2D eigenvalue weighted by atomic mass is 16.5. The molecule has 6 heteroatoms. The highest BCUT2D eigenvalue weighted by Crippen LogP contribution is 2.33. The molecule has 0 spiro atoms. The fourth-order valence-corrected chi connectivity index (χ4v) is 3.19. The van der Waals surface area contributed by atoms with Crippen molar-refractivity contribution in [3.63, 3.8) is 0 Å². The predicted octanol–water partition coefficient (Wildman–Crippen LogP) is 2.67. The number of rotatable bonds is 5. The third kappa shape index (κ3) is 3.54. The van der Waals surface area contributed by atoms with Crippen LogP contribution in [-0.4, -0.2) is 58.3 Å². The topological polar surface area (TPSA) is 51.2 Å². The van der Waals surface area contributed by atoms with Gasteiger partial charge in [0.1, 0.15) is 17.2 Å². The van der Waals surface area contributed by atoms with Crippen LogP contribution in [0.3, 0.4) is 0 Å². The quantitative estimate of drug-likeness (QED) is 0.824. The molecule has 26 heavy (non-hydrogen) atoms. The molecule has 2 aromatic rings. The fraction of sp³-hybridized carbons (Fsp3) is 0.350. The van der Waals surface area contributed by atoms with Crippen LogP contribution < -0.4 is 19.1 Å². The van der Waals surface area contributed by atoms with Gasteiger partial charge in [0.05, 0.1) is 32.6 Å². The average Bonchev–Trinajstić information content (AvgIpc) is 2.72. The summed E-state index contributed by atoms with van der Waals surface area (Å²) in [5.41, 5.74) is 1.61. The highest BCUT2D eigenvalue weighted by molar-refractivity contribution is 5.97. The van der Waals surface area contributed by atoms with Gasteiger partial charge in [0.2, 0.25) is 0 Å². The summed E-state index contributed by atoms with van der Waals surface area (Å²) in [5.74, 6) is 2.14. The Labute approximate surface area is 153 Å². The van der Waals surface area contributed by atoms with Crippen molar-refractivity contribution in [2.24, 2.45) is 0 Å². The van der Waals surface area contributed by atoms with Crippen LogP contribution in [0.15, 0.2) is 42.5 Å². The van der Waals surface area contributed by atoms with Crippen molar-refractivity contribution in [3.05, 3.63) is 48.0 Å². The molecule has 0 saturated carbocycles. The second-order valence-corrected chi connectivity index (χ2v) is 6.02. The lowest BCUT2D eigenvalue weighted by Crippen LogP contribution is -2.49. The van der Waals surface area contributed by atoms with Gasteiger partial charge in [-0.2, -0.15) is 0 Å². The van der Waals surface area contributed by atoms with E-state index in [1.54, 1.807) is 27.4 Å². The maximum absolute atomic E-state index is 12.8. The SMILES string of the molecule is COc1ccc(N2CCN(C(=O)c3ccccc3OC)CC2)c(OC)c1. The highest BCUT2D eigenvalue weighted by Gasteiger charge is 2.25. The molecule has 1 saturated heterocycles. The standard InChI is InChI=1S/C20H24N2O4/c1-24-15-8-9-17(19(14-15)26-3)21-10-12-22(13-11-21)20(23)16-6-4-5-7-18(16)25-2/h4-9,14H,10-13H2,1-3H3. The Bertz CT molecular complexity index is 770. The lowest BCUT2D eigenvalue weighted by molar-refractivity contribution is 0.0743. The molecule has 0 atom stereocenters. The van der Waals surface area contributed by atoms with Gasteiger partial charge in [-0.1, -0.05) is 12.1 Å². The molecular formula is C20H24N2O4. The molecule has 3 rings (SSSR count). The summed E-state index contributed by atoms with van der Waals surface area (Å²) in [7, 11) is 4.87. The van der Waals surface area contributed by atoms with Crippen LogP contribution in [0.2, 0.25) is 0 Å². The van der Waals surface area contributed by atoms with E-state index in [1.807, 2.05) is 41.3 Å². The number of amides is 1. The molecule has 0 radical (unpaired) electrons. The van der Waals surface area contributed by atoms with E-state index in [4.69, 9.17) is 14.2 Å². The molecule has 1 aliphatic heterocycles. The molecule has 1 fully saturated rings. The van der Waals surface area contributed by atoms with Gasteiger partial charge in [0.15, 0.2) is 0 Å². The number of hydrogen-bond donors (Lipinski definition) is 0. The van der Waals surface area contributed by atoms with Crippen LogP contribution in [0.25, 0.3) is 0 Å². The Morgan fingerprint density at radius 1 is 0.846 bits per heavy atom. The van der Waals surface area contributed by atoms with E-state index in [0.29, 0.717) is 24.4 Å². The number of ether oxygens (including phenoxy) is 3. The molecular weight excluding hydrogens is 332 g/mol. The van der Waals surface area contributed by atoms with Crippen molar-refractivity contribution < 1.29 is 19.0 Å². The molecule has 1 amide bonds. The molecule has 1 aliphatic rings. The van der Waals surface area contributed by atoms with Gasteiger partial charge < -0.3 is 24.0 Å². The van der Waals surface area contributed by atoms with Crippen LogP contribution in [0.5, 0.6) is 17.2 Å². The second-order valence-electron chi connectivity index (χ2n) is 6.02. The van der Waals surface area contributed by atoms with Crippen molar-refractivity contribution in [3.8, 4) is 17.2 Å². The number of piperazine rings is 1. The Morgan fingerprint density at radius 3 is 2.19 bits per heavy atom. The Balaban J connectivity index is 1.70. The van der Waals surface area contributed by atoms with E-state index in [1.165, 1.54) is 0 Å². The average molecular weight is 356 g/mol. The van der Waals surface area contributed by atoms with Gasteiger partial charge in [-0.15, -0.1) is 0 Å². The van der Waals surface area contributed by atoms with Crippen LogP contribution in [-0.2, 0) is 0 Å². The number of benzene rings is 2. The van der Waals surface area contributed by atoms with Crippen LogP contribution in [0.4, 0.5) is 5.69 Å². The van der Waals surface area contributed by atoms with Crippen molar-refractivity contribution in [2.45, 2.75) is 0 Å². The fourth-order valence-electron chi connectivity index (χ4n) is 3.19. The first-order valence-electron chi connectivity index (χ1n) is 8.57. The zero-order valence-electron chi connectivity index (χ0n) is 15.4. The van der Waals surface area contributed by atoms with Gasteiger partial charge in [-0.25, -0.2) is 0 Å². The Morgan fingerprint density at radius 2 is 1.54 bits per heavy atom. The minimum absolute atomic E-state index is 0.00351. The summed E-state index contributed by atoms with van der Waals surface area (Å²) < 4.78 is 16.1. The Kier molecular flexibility index (Phi) is 5.51. The summed E-state index contributed by atoms with van der Waals surface area (Å²) in [6.45, 7) is 2.77. The lowest BCUT2D eigenvalue weighted by atomic mass is 10.1. The third-order valence-corrected chi connectivity index (χ3v) is 4.63. The largest absolute Gasteiger partial charge is 0.497 e. The number of methoxy groups -OCH3 is 3. The number of carbonyl (C=O) groups is 1. The first kappa shape index (κ1) is 17.9. The number of nitrogens with zero attached hydrogens (tertiary/aromatic N) is 2. The van der Waals surface area contributed by atoms with Crippen LogP contribution >= 0.6 is 0 Å².